The molecule has 2 rings (SSSR count). The van der Waals surface area contributed by atoms with Gasteiger partial charge in [-0.25, -0.2) is 0 Å². The standard InChI is InChI=1S/C14H18N2O3/c1-9-4-3-5-12(10(9)2)16-8-13(17)15-7-11(16)6-14(18)19/h3-5,11H,6-8H2,1-2H3,(H,15,17)(H,18,19). The van der Waals surface area contributed by atoms with E-state index in [0.717, 1.165) is 16.8 Å². The summed E-state index contributed by atoms with van der Waals surface area (Å²) in [5.74, 6) is -0.918. The third-order valence-corrected chi connectivity index (χ3v) is 3.59. The van der Waals surface area contributed by atoms with Gasteiger partial charge in [-0.2, -0.15) is 0 Å². The van der Waals surface area contributed by atoms with Crippen LogP contribution in [-0.2, 0) is 9.59 Å². The average molecular weight is 262 g/mol. The number of piperazine rings is 1. The predicted octanol–water partition coefficient (Wildman–Crippen LogP) is 1.08. The van der Waals surface area contributed by atoms with Crippen LogP contribution < -0.4 is 10.2 Å². The molecular formula is C14H18N2O3. The summed E-state index contributed by atoms with van der Waals surface area (Å²) in [6.07, 6.45) is 0.0215. The maximum absolute atomic E-state index is 11.6. The summed E-state index contributed by atoms with van der Waals surface area (Å²) in [6, 6.07) is 5.68. The van der Waals surface area contributed by atoms with Crippen LogP contribution in [0, 0.1) is 13.8 Å². The molecule has 102 valence electrons. The lowest BCUT2D eigenvalue weighted by Crippen LogP contribution is -2.55. The molecule has 1 aromatic rings. The Balaban J connectivity index is 2.33. The summed E-state index contributed by atoms with van der Waals surface area (Å²) < 4.78 is 0. The van der Waals surface area contributed by atoms with Crippen molar-refractivity contribution in [3.63, 3.8) is 0 Å². The molecule has 1 aliphatic rings. The maximum atomic E-state index is 11.6. The summed E-state index contributed by atoms with van der Waals surface area (Å²) in [5, 5.41) is 11.7. The molecule has 1 amide bonds. The summed E-state index contributed by atoms with van der Waals surface area (Å²) >= 11 is 0. The van der Waals surface area contributed by atoms with Gasteiger partial charge >= 0.3 is 5.97 Å². The number of carbonyl (C=O) groups excluding carboxylic acids is 1. The van der Waals surface area contributed by atoms with Crippen molar-refractivity contribution in [2.24, 2.45) is 0 Å². The molecule has 5 nitrogen and oxygen atoms in total. The Morgan fingerprint density at radius 2 is 2.21 bits per heavy atom. The maximum Gasteiger partial charge on any atom is 0.305 e. The molecule has 1 aromatic carbocycles. The van der Waals surface area contributed by atoms with Crippen molar-refractivity contribution in [1.29, 1.82) is 0 Å². The fourth-order valence-electron chi connectivity index (χ4n) is 2.39. The number of hydrogen-bond donors (Lipinski definition) is 2. The molecular weight excluding hydrogens is 244 g/mol. The fourth-order valence-corrected chi connectivity index (χ4v) is 2.39. The van der Waals surface area contributed by atoms with Crippen molar-refractivity contribution in [3.05, 3.63) is 29.3 Å². The van der Waals surface area contributed by atoms with E-state index in [1.807, 2.05) is 36.9 Å². The van der Waals surface area contributed by atoms with Crippen LogP contribution in [0.5, 0.6) is 0 Å². The van der Waals surface area contributed by atoms with Crippen LogP contribution >= 0.6 is 0 Å². The summed E-state index contributed by atoms with van der Waals surface area (Å²) in [4.78, 5) is 24.4. The van der Waals surface area contributed by atoms with E-state index in [1.54, 1.807) is 0 Å². The van der Waals surface area contributed by atoms with Gasteiger partial charge in [-0.15, -0.1) is 0 Å². The predicted molar refractivity (Wildman–Crippen MR) is 72.3 cm³/mol. The minimum Gasteiger partial charge on any atom is -0.481 e. The topological polar surface area (TPSA) is 69.6 Å². The highest BCUT2D eigenvalue weighted by molar-refractivity contribution is 5.84. The number of aryl methyl sites for hydroxylation is 1. The largest absolute Gasteiger partial charge is 0.481 e. The first-order chi connectivity index (χ1) is 8.99. The van der Waals surface area contributed by atoms with Gasteiger partial charge in [0.15, 0.2) is 0 Å². The van der Waals surface area contributed by atoms with Crippen molar-refractivity contribution >= 4 is 17.6 Å². The summed E-state index contributed by atoms with van der Waals surface area (Å²) in [5.41, 5.74) is 3.17. The number of anilines is 1. The lowest BCUT2D eigenvalue weighted by molar-refractivity contribution is -0.138. The molecule has 1 saturated heterocycles. The lowest BCUT2D eigenvalue weighted by atomic mass is 10.0. The molecule has 0 bridgehead atoms. The minimum absolute atomic E-state index is 0.0215. The number of nitrogens with zero attached hydrogens (tertiary/aromatic N) is 1. The number of hydrogen-bond acceptors (Lipinski definition) is 3. The van der Waals surface area contributed by atoms with Crippen molar-refractivity contribution in [3.8, 4) is 0 Å². The zero-order valence-electron chi connectivity index (χ0n) is 11.1. The third-order valence-electron chi connectivity index (χ3n) is 3.59. The molecule has 2 N–H and O–H groups in total. The summed E-state index contributed by atoms with van der Waals surface area (Å²) in [7, 11) is 0. The van der Waals surface area contributed by atoms with Crippen LogP contribution in [0.4, 0.5) is 5.69 Å². The Hall–Kier alpha value is -2.04. The van der Waals surface area contributed by atoms with Crippen molar-refractivity contribution in [2.45, 2.75) is 26.3 Å². The normalized spacial score (nSPS) is 19.2. The van der Waals surface area contributed by atoms with E-state index in [2.05, 4.69) is 5.32 Å². The highest BCUT2D eigenvalue weighted by Crippen LogP contribution is 2.26. The quantitative estimate of drug-likeness (QED) is 0.855. The van der Waals surface area contributed by atoms with E-state index in [0.29, 0.717) is 6.54 Å². The number of nitrogens with one attached hydrogen (secondary N) is 1. The molecule has 19 heavy (non-hydrogen) atoms. The fraction of sp³-hybridized carbons (Fsp3) is 0.429. The van der Waals surface area contributed by atoms with Crippen LogP contribution in [0.3, 0.4) is 0 Å². The molecule has 0 spiro atoms. The van der Waals surface area contributed by atoms with Gasteiger partial charge in [0.2, 0.25) is 5.91 Å². The van der Waals surface area contributed by atoms with Gasteiger partial charge in [-0.1, -0.05) is 12.1 Å². The van der Waals surface area contributed by atoms with E-state index >= 15 is 0 Å². The molecule has 0 aliphatic carbocycles. The van der Waals surface area contributed by atoms with Gasteiger partial charge in [-0.05, 0) is 31.0 Å². The van der Waals surface area contributed by atoms with Gasteiger partial charge in [0, 0.05) is 12.2 Å². The molecule has 0 saturated carbocycles. The second kappa shape index (κ2) is 5.30. The van der Waals surface area contributed by atoms with Crippen LogP contribution in [0.1, 0.15) is 17.5 Å². The third kappa shape index (κ3) is 2.86. The van der Waals surface area contributed by atoms with Crippen LogP contribution in [0.15, 0.2) is 18.2 Å². The van der Waals surface area contributed by atoms with Crippen molar-refractivity contribution in [2.75, 3.05) is 18.0 Å². The zero-order valence-corrected chi connectivity index (χ0v) is 11.1. The van der Waals surface area contributed by atoms with E-state index < -0.39 is 5.97 Å². The monoisotopic (exact) mass is 262 g/mol. The Morgan fingerprint density at radius 1 is 1.47 bits per heavy atom. The summed E-state index contributed by atoms with van der Waals surface area (Å²) in [6.45, 7) is 4.59. The second-order valence-corrected chi connectivity index (χ2v) is 4.90. The number of carboxylic acid groups (broad SMARTS) is 1. The van der Waals surface area contributed by atoms with Crippen molar-refractivity contribution < 1.29 is 14.7 Å². The molecule has 0 aromatic heterocycles. The Labute approximate surface area is 112 Å². The molecule has 1 aliphatic heterocycles. The molecule has 1 fully saturated rings. The number of amides is 1. The van der Waals surface area contributed by atoms with E-state index in [4.69, 9.17) is 5.11 Å². The average Bonchev–Trinajstić information content (AvgIpc) is 2.35. The Bertz CT molecular complexity index is 513. The zero-order chi connectivity index (χ0) is 14.0. The van der Waals surface area contributed by atoms with Gasteiger partial charge in [0.25, 0.3) is 0 Å². The smallest absolute Gasteiger partial charge is 0.305 e. The van der Waals surface area contributed by atoms with Crippen LogP contribution in [0.2, 0.25) is 0 Å². The van der Waals surface area contributed by atoms with Crippen LogP contribution in [0.25, 0.3) is 0 Å². The first-order valence-corrected chi connectivity index (χ1v) is 6.30. The first-order valence-electron chi connectivity index (χ1n) is 6.30. The molecule has 1 unspecified atom stereocenters. The van der Waals surface area contributed by atoms with Gasteiger partial charge in [-0.3, -0.25) is 9.59 Å². The van der Waals surface area contributed by atoms with Gasteiger partial charge in [0.05, 0.1) is 19.0 Å². The molecule has 1 heterocycles. The number of carbonyl (C=O) groups is 2. The lowest BCUT2D eigenvalue weighted by Gasteiger charge is -2.37. The highest BCUT2D eigenvalue weighted by atomic mass is 16.4. The second-order valence-electron chi connectivity index (χ2n) is 4.90. The number of rotatable bonds is 3. The Morgan fingerprint density at radius 3 is 2.89 bits per heavy atom. The number of carboxylic acids is 1. The molecule has 5 heteroatoms. The number of benzene rings is 1. The van der Waals surface area contributed by atoms with E-state index in [-0.39, 0.29) is 24.9 Å². The molecule has 0 radical (unpaired) electrons. The minimum atomic E-state index is -0.851. The SMILES string of the molecule is Cc1cccc(N2CC(=O)NCC2CC(=O)O)c1C. The highest BCUT2D eigenvalue weighted by Gasteiger charge is 2.29. The van der Waals surface area contributed by atoms with E-state index in [9.17, 15) is 9.59 Å². The van der Waals surface area contributed by atoms with Crippen molar-refractivity contribution in [1.82, 2.24) is 5.32 Å². The van der Waals surface area contributed by atoms with E-state index in [1.165, 1.54) is 0 Å². The van der Waals surface area contributed by atoms with Crippen LogP contribution in [-0.4, -0.2) is 36.1 Å². The first kappa shape index (κ1) is 13.4. The molecule has 1 atom stereocenters. The number of aliphatic carboxylic acids is 1. The van der Waals surface area contributed by atoms with Gasteiger partial charge in [0.1, 0.15) is 0 Å². The Kier molecular flexibility index (Phi) is 3.74. The van der Waals surface area contributed by atoms with Gasteiger partial charge < -0.3 is 15.3 Å².